The normalized spacial score (nSPS) is 16.7. The number of nitrogens with zero attached hydrogens (tertiary/aromatic N) is 1. The summed E-state index contributed by atoms with van der Waals surface area (Å²) in [5, 5.41) is 2.83. The van der Waals surface area contributed by atoms with Crippen molar-refractivity contribution >= 4 is 17.8 Å². The number of esters is 1. The van der Waals surface area contributed by atoms with Gasteiger partial charge in [0.25, 0.3) is 5.91 Å². The lowest BCUT2D eigenvalue weighted by Crippen LogP contribution is -2.58. The lowest BCUT2D eigenvalue weighted by molar-refractivity contribution is -0.127. The molecule has 0 unspecified atom stereocenters. The second-order valence-corrected chi connectivity index (χ2v) is 6.06. The average Bonchev–Trinajstić information content (AvgIpc) is 2.69. The van der Waals surface area contributed by atoms with Gasteiger partial charge in [-0.05, 0) is 29.8 Å². The smallest absolute Gasteiger partial charge is 0.337 e. The fourth-order valence-corrected chi connectivity index (χ4v) is 3.03. The van der Waals surface area contributed by atoms with Gasteiger partial charge in [0.2, 0.25) is 5.91 Å². The number of carbonyl (C=O) groups is 3. The molecule has 0 aliphatic carbocycles. The predicted molar refractivity (Wildman–Crippen MR) is 95.8 cm³/mol. The van der Waals surface area contributed by atoms with Crippen LogP contribution >= 0.6 is 0 Å². The van der Waals surface area contributed by atoms with Gasteiger partial charge in [-0.1, -0.05) is 30.3 Å². The lowest BCUT2D eigenvalue weighted by Gasteiger charge is -2.35. The van der Waals surface area contributed by atoms with Crippen LogP contribution in [0.1, 0.15) is 26.3 Å². The summed E-state index contributed by atoms with van der Waals surface area (Å²) in [7, 11) is 1.31. The van der Waals surface area contributed by atoms with Crippen molar-refractivity contribution in [1.29, 1.82) is 0 Å². The van der Waals surface area contributed by atoms with E-state index in [4.69, 9.17) is 0 Å². The van der Waals surface area contributed by atoms with E-state index in [9.17, 15) is 14.4 Å². The zero-order valence-electron chi connectivity index (χ0n) is 14.5. The molecule has 2 aromatic rings. The first kappa shape index (κ1) is 17.7. The molecule has 0 spiro atoms. The maximum Gasteiger partial charge on any atom is 0.337 e. The van der Waals surface area contributed by atoms with E-state index in [0.717, 1.165) is 5.56 Å². The number of methoxy groups -OCH3 is 1. The van der Waals surface area contributed by atoms with Crippen molar-refractivity contribution in [2.75, 3.05) is 20.2 Å². The molecule has 3 rings (SSSR count). The summed E-state index contributed by atoms with van der Waals surface area (Å²) in [4.78, 5) is 38.4. The van der Waals surface area contributed by atoms with Gasteiger partial charge in [-0.15, -0.1) is 0 Å². The van der Waals surface area contributed by atoms with Crippen molar-refractivity contribution in [1.82, 2.24) is 10.2 Å². The number of hydrogen-bond acceptors (Lipinski definition) is 4. The third-order valence-electron chi connectivity index (χ3n) is 4.42. The second-order valence-electron chi connectivity index (χ2n) is 6.06. The third-order valence-corrected chi connectivity index (χ3v) is 4.42. The number of ether oxygens (including phenoxy) is 1. The molecule has 1 aliphatic rings. The third kappa shape index (κ3) is 3.74. The molecule has 0 saturated carbocycles. The van der Waals surface area contributed by atoms with Gasteiger partial charge in [0.05, 0.1) is 12.7 Å². The Morgan fingerprint density at radius 1 is 1.08 bits per heavy atom. The predicted octanol–water partition coefficient (Wildman–Crippen LogP) is 1.66. The van der Waals surface area contributed by atoms with E-state index in [1.807, 2.05) is 30.3 Å². The average molecular weight is 352 g/mol. The summed E-state index contributed by atoms with van der Waals surface area (Å²) in [5.74, 6) is -0.833. The van der Waals surface area contributed by atoms with Gasteiger partial charge in [-0.25, -0.2) is 4.79 Å². The molecular formula is C20H20N2O4. The fraction of sp³-hybridized carbons (Fsp3) is 0.250. The molecule has 1 fully saturated rings. The topological polar surface area (TPSA) is 75.7 Å². The van der Waals surface area contributed by atoms with E-state index >= 15 is 0 Å². The molecule has 6 nitrogen and oxygen atoms in total. The number of hydrogen-bond donors (Lipinski definition) is 1. The number of rotatable bonds is 4. The van der Waals surface area contributed by atoms with Crippen LogP contribution < -0.4 is 5.32 Å². The summed E-state index contributed by atoms with van der Waals surface area (Å²) in [5.41, 5.74) is 1.81. The SMILES string of the molecule is COC(=O)c1ccc(C(=O)N2CCNC(=O)[C@H]2Cc2ccccc2)cc1. The van der Waals surface area contributed by atoms with Crippen molar-refractivity contribution in [2.24, 2.45) is 0 Å². The summed E-state index contributed by atoms with van der Waals surface area (Å²) < 4.78 is 4.66. The maximum absolute atomic E-state index is 12.9. The molecule has 134 valence electrons. The van der Waals surface area contributed by atoms with E-state index in [0.29, 0.717) is 30.6 Å². The van der Waals surface area contributed by atoms with Crippen molar-refractivity contribution in [3.05, 3.63) is 71.3 Å². The molecular weight excluding hydrogens is 332 g/mol. The quantitative estimate of drug-likeness (QED) is 0.849. The van der Waals surface area contributed by atoms with E-state index in [1.165, 1.54) is 7.11 Å². The van der Waals surface area contributed by atoms with E-state index in [-0.39, 0.29) is 11.8 Å². The van der Waals surface area contributed by atoms with Crippen LogP contribution in [0, 0.1) is 0 Å². The fourth-order valence-electron chi connectivity index (χ4n) is 3.03. The molecule has 6 heteroatoms. The molecule has 0 radical (unpaired) electrons. The Morgan fingerprint density at radius 3 is 2.38 bits per heavy atom. The molecule has 2 aromatic carbocycles. The Bertz CT molecular complexity index is 802. The minimum Gasteiger partial charge on any atom is -0.465 e. The molecule has 26 heavy (non-hydrogen) atoms. The number of benzene rings is 2. The summed E-state index contributed by atoms with van der Waals surface area (Å²) in [6, 6.07) is 15.3. The molecule has 0 aromatic heterocycles. The van der Waals surface area contributed by atoms with Gasteiger partial charge in [-0.2, -0.15) is 0 Å². The summed E-state index contributed by atoms with van der Waals surface area (Å²) in [6.45, 7) is 0.872. The van der Waals surface area contributed by atoms with Crippen LogP contribution in [0.3, 0.4) is 0 Å². The minimum absolute atomic E-state index is 0.153. The molecule has 0 bridgehead atoms. The molecule has 1 saturated heterocycles. The van der Waals surface area contributed by atoms with Gasteiger partial charge in [0.15, 0.2) is 0 Å². The Labute approximate surface area is 151 Å². The van der Waals surface area contributed by atoms with Crippen molar-refractivity contribution in [3.8, 4) is 0 Å². The van der Waals surface area contributed by atoms with Crippen LogP contribution in [0.4, 0.5) is 0 Å². The zero-order valence-corrected chi connectivity index (χ0v) is 14.5. The molecule has 1 aliphatic heterocycles. The first-order valence-electron chi connectivity index (χ1n) is 8.41. The Hall–Kier alpha value is -3.15. The van der Waals surface area contributed by atoms with Crippen LogP contribution in [0.25, 0.3) is 0 Å². The largest absolute Gasteiger partial charge is 0.465 e. The Morgan fingerprint density at radius 2 is 1.73 bits per heavy atom. The monoisotopic (exact) mass is 352 g/mol. The van der Waals surface area contributed by atoms with Gasteiger partial charge >= 0.3 is 5.97 Å². The minimum atomic E-state index is -0.557. The highest BCUT2D eigenvalue weighted by atomic mass is 16.5. The van der Waals surface area contributed by atoms with Crippen LogP contribution in [-0.2, 0) is 16.0 Å². The molecule has 1 N–H and O–H groups in total. The first-order chi connectivity index (χ1) is 12.6. The van der Waals surface area contributed by atoms with E-state index in [1.54, 1.807) is 29.2 Å². The standard InChI is InChI=1S/C20H20N2O4/c1-26-20(25)16-9-7-15(8-10-16)19(24)22-12-11-21-18(23)17(22)13-14-5-3-2-4-6-14/h2-10,17H,11-13H2,1H3,(H,21,23)/t17-/m1/s1. The highest BCUT2D eigenvalue weighted by Crippen LogP contribution is 2.16. The molecule has 1 heterocycles. The molecule has 1 atom stereocenters. The van der Waals surface area contributed by atoms with Crippen LogP contribution in [0.15, 0.2) is 54.6 Å². The first-order valence-corrected chi connectivity index (χ1v) is 8.41. The van der Waals surface area contributed by atoms with Gasteiger partial charge in [0, 0.05) is 25.1 Å². The summed E-state index contributed by atoms with van der Waals surface area (Å²) in [6.07, 6.45) is 0.457. The van der Waals surface area contributed by atoms with Crippen molar-refractivity contribution < 1.29 is 19.1 Å². The van der Waals surface area contributed by atoms with E-state index < -0.39 is 12.0 Å². The highest BCUT2D eigenvalue weighted by Gasteiger charge is 2.33. The Kier molecular flexibility index (Phi) is 5.31. The molecule has 2 amide bonds. The highest BCUT2D eigenvalue weighted by molar-refractivity contribution is 5.99. The summed E-state index contributed by atoms with van der Waals surface area (Å²) >= 11 is 0. The van der Waals surface area contributed by atoms with Crippen molar-refractivity contribution in [2.45, 2.75) is 12.5 Å². The zero-order chi connectivity index (χ0) is 18.5. The van der Waals surface area contributed by atoms with Crippen LogP contribution in [-0.4, -0.2) is 48.9 Å². The lowest BCUT2D eigenvalue weighted by atomic mass is 10.0. The number of nitrogens with one attached hydrogen (secondary N) is 1. The van der Waals surface area contributed by atoms with Crippen LogP contribution in [0.2, 0.25) is 0 Å². The number of amides is 2. The second kappa shape index (κ2) is 7.82. The number of carbonyl (C=O) groups excluding carboxylic acids is 3. The van der Waals surface area contributed by atoms with Crippen LogP contribution in [0.5, 0.6) is 0 Å². The Balaban J connectivity index is 1.81. The van der Waals surface area contributed by atoms with Gasteiger partial charge in [-0.3, -0.25) is 9.59 Å². The van der Waals surface area contributed by atoms with Gasteiger partial charge in [0.1, 0.15) is 6.04 Å². The maximum atomic E-state index is 12.9. The number of piperazine rings is 1. The van der Waals surface area contributed by atoms with Crippen molar-refractivity contribution in [3.63, 3.8) is 0 Å². The van der Waals surface area contributed by atoms with Gasteiger partial charge < -0.3 is 15.0 Å². The van der Waals surface area contributed by atoms with E-state index in [2.05, 4.69) is 10.1 Å².